The Morgan fingerprint density at radius 1 is 1.56 bits per heavy atom. The Morgan fingerprint density at radius 2 is 2.33 bits per heavy atom. The predicted molar refractivity (Wildman–Crippen MR) is 63.9 cm³/mol. The molecule has 2 heterocycles. The van der Waals surface area contributed by atoms with Gasteiger partial charge in [0.05, 0.1) is 0 Å². The first-order chi connectivity index (χ1) is 8.63. The molecule has 0 spiro atoms. The summed E-state index contributed by atoms with van der Waals surface area (Å²) in [7, 11) is 0. The van der Waals surface area contributed by atoms with Crippen molar-refractivity contribution in [2.24, 2.45) is 0 Å². The number of hydrogen-bond donors (Lipinski definition) is 2. The van der Waals surface area contributed by atoms with Crippen LogP contribution in [0.3, 0.4) is 0 Å². The molecule has 98 valence electrons. The quantitative estimate of drug-likeness (QED) is 0.772. The first kappa shape index (κ1) is 12.5. The number of carbonyl (C=O) groups excluding carboxylic acids is 2. The fraction of sp³-hybridized carbons (Fsp3) is 0.636. The Kier molecular flexibility index (Phi) is 3.59. The SMILES string of the molecule is CCCc1nc(C(=O)N2CCNC(=O)C2C)n[nH]1. The van der Waals surface area contributed by atoms with Crippen molar-refractivity contribution >= 4 is 11.8 Å². The van der Waals surface area contributed by atoms with Crippen LogP contribution in [0, 0.1) is 0 Å². The van der Waals surface area contributed by atoms with Gasteiger partial charge in [-0.25, -0.2) is 4.98 Å². The van der Waals surface area contributed by atoms with Gasteiger partial charge in [0.25, 0.3) is 5.91 Å². The number of rotatable bonds is 3. The van der Waals surface area contributed by atoms with Gasteiger partial charge in [-0.3, -0.25) is 14.7 Å². The molecule has 1 unspecified atom stereocenters. The van der Waals surface area contributed by atoms with E-state index in [9.17, 15) is 9.59 Å². The normalized spacial score (nSPS) is 19.8. The van der Waals surface area contributed by atoms with Crippen LogP contribution in [0.25, 0.3) is 0 Å². The molecule has 0 radical (unpaired) electrons. The van der Waals surface area contributed by atoms with Crippen molar-refractivity contribution in [1.82, 2.24) is 25.4 Å². The second-order valence-electron chi connectivity index (χ2n) is 4.32. The zero-order chi connectivity index (χ0) is 13.1. The van der Waals surface area contributed by atoms with Crippen molar-refractivity contribution in [3.8, 4) is 0 Å². The van der Waals surface area contributed by atoms with Crippen LogP contribution >= 0.6 is 0 Å². The van der Waals surface area contributed by atoms with Crippen molar-refractivity contribution in [3.63, 3.8) is 0 Å². The predicted octanol–water partition coefficient (Wildman–Crippen LogP) is -0.282. The molecule has 1 saturated heterocycles. The number of H-pyrrole nitrogens is 1. The van der Waals surface area contributed by atoms with E-state index in [-0.39, 0.29) is 17.6 Å². The molecule has 1 aromatic rings. The fourth-order valence-electron chi connectivity index (χ4n) is 1.93. The lowest BCUT2D eigenvalue weighted by Gasteiger charge is -2.31. The van der Waals surface area contributed by atoms with E-state index in [4.69, 9.17) is 0 Å². The van der Waals surface area contributed by atoms with Crippen molar-refractivity contribution in [3.05, 3.63) is 11.6 Å². The Labute approximate surface area is 105 Å². The van der Waals surface area contributed by atoms with E-state index in [0.29, 0.717) is 18.9 Å². The van der Waals surface area contributed by atoms with Gasteiger partial charge in [-0.1, -0.05) is 6.92 Å². The van der Waals surface area contributed by atoms with Crippen LogP contribution in [0.2, 0.25) is 0 Å². The first-order valence-electron chi connectivity index (χ1n) is 6.13. The van der Waals surface area contributed by atoms with Crippen LogP contribution in [-0.4, -0.2) is 51.0 Å². The summed E-state index contributed by atoms with van der Waals surface area (Å²) in [4.78, 5) is 29.3. The number of nitrogens with one attached hydrogen (secondary N) is 2. The molecule has 1 aromatic heterocycles. The number of aryl methyl sites for hydroxylation is 1. The van der Waals surface area contributed by atoms with E-state index in [0.717, 1.165) is 12.8 Å². The van der Waals surface area contributed by atoms with Gasteiger partial charge in [0, 0.05) is 19.5 Å². The average molecular weight is 251 g/mol. The lowest BCUT2D eigenvalue weighted by Crippen LogP contribution is -2.56. The van der Waals surface area contributed by atoms with E-state index in [1.54, 1.807) is 6.92 Å². The van der Waals surface area contributed by atoms with Crippen LogP contribution in [0.5, 0.6) is 0 Å². The second-order valence-corrected chi connectivity index (χ2v) is 4.32. The van der Waals surface area contributed by atoms with Gasteiger partial charge < -0.3 is 10.2 Å². The van der Waals surface area contributed by atoms with Crippen LogP contribution in [0.4, 0.5) is 0 Å². The topological polar surface area (TPSA) is 91.0 Å². The van der Waals surface area contributed by atoms with Crippen molar-refractivity contribution in [1.29, 1.82) is 0 Å². The van der Waals surface area contributed by atoms with Crippen molar-refractivity contribution in [2.45, 2.75) is 32.7 Å². The minimum atomic E-state index is -0.473. The molecular formula is C11H17N5O2. The van der Waals surface area contributed by atoms with Crippen LogP contribution in [0.15, 0.2) is 0 Å². The van der Waals surface area contributed by atoms with Crippen LogP contribution in [-0.2, 0) is 11.2 Å². The molecule has 2 N–H and O–H groups in total. The number of amides is 2. The summed E-state index contributed by atoms with van der Waals surface area (Å²) in [6.45, 7) is 4.69. The van der Waals surface area contributed by atoms with E-state index < -0.39 is 6.04 Å². The summed E-state index contributed by atoms with van der Waals surface area (Å²) in [6.07, 6.45) is 1.70. The molecule has 1 fully saturated rings. The van der Waals surface area contributed by atoms with E-state index in [1.165, 1.54) is 4.90 Å². The molecule has 2 amide bonds. The minimum Gasteiger partial charge on any atom is -0.353 e. The highest BCUT2D eigenvalue weighted by Gasteiger charge is 2.31. The Morgan fingerprint density at radius 3 is 3.06 bits per heavy atom. The first-order valence-corrected chi connectivity index (χ1v) is 6.13. The number of aromatic amines is 1. The van der Waals surface area contributed by atoms with Gasteiger partial charge in [0.15, 0.2) is 0 Å². The molecular weight excluding hydrogens is 234 g/mol. The zero-order valence-electron chi connectivity index (χ0n) is 10.6. The maximum Gasteiger partial charge on any atom is 0.294 e. The highest BCUT2D eigenvalue weighted by molar-refractivity contribution is 5.95. The van der Waals surface area contributed by atoms with Gasteiger partial charge in [-0.2, -0.15) is 0 Å². The summed E-state index contributed by atoms with van der Waals surface area (Å²) >= 11 is 0. The standard InChI is InChI=1S/C11H17N5O2/c1-3-4-8-13-9(15-14-8)11(18)16-6-5-12-10(17)7(16)2/h7H,3-6H2,1-2H3,(H,12,17)(H,13,14,15). The molecule has 1 aliphatic rings. The summed E-state index contributed by atoms with van der Waals surface area (Å²) in [6, 6.07) is -0.473. The van der Waals surface area contributed by atoms with Crippen LogP contribution in [0.1, 0.15) is 36.7 Å². The number of hydrogen-bond acceptors (Lipinski definition) is 4. The number of nitrogens with zero attached hydrogens (tertiary/aromatic N) is 3. The molecule has 0 aliphatic carbocycles. The highest BCUT2D eigenvalue weighted by Crippen LogP contribution is 2.08. The molecule has 1 aliphatic heterocycles. The van der Waals surface area contributed by atoms with Gasteiger partial charge in [-0.05, 0) is 13.3 Å². The summed E-state index contributed by atoms with van der Waals surface area (Å²) in [5.41, 5.74) is 0. The monoisotopic (exact) mass is 251 g/mol. The molecule has 0 saturated carbocycles. The smallest absolute Gasteiger partial charge is 0.294 e. The number of carbonyl (C=O) groups is 2. The van der Waals surface area contributed by atoms with Crippen molar-refractivity contribution in [2.75, 3.05) is 13.1 Å². The summed E-state index contributed by atoms with van der Waals surface area (Å²) in [5.74, 6) is 0.407. The lowest BCUT2D eigenvalue weighted by atomic mass is 10.2. The minimum absolute atomic E-state index is 0.139. The van der Waals surface area contributed by atoms with Crippen molar-refractivity contribution < 1.29 is 9.59 Å². The third-order valence-electron chi connectivity index (χ3n) is 2.97. The van der Waals surface area contributed by atoms with E-state index >= 15 is 0 Å². The van der Waals surface area contributed by atoms with Crippen LogP contribution < -0.4 is 5.32 Å². The highest BCUT2D eigenvalue weighted by atomic mass is 16.2. The molecule has 0 bridgehead atoms. The maximum absolute atomic E-state index is 12.2. The Balaban J connectivity index is 2.12. The molecule has 7 heteroatoms. The van der Waals surface area contributed by atoms with Gasteiger partial charge in [0.2, 0.25) is 11.7 Å². The third-order valence-corrected chi connectivity index (χ3v) is 2.97. The average Bonchev–Trinajstić information content (AvgIpc) is 2.81. The Bertz CT molecular complexity index is 456. The second kappa shape index (κ2) is 5.16. The van der Waals surface area contributed by atoms with Gasteiger partial charge >= 0.3 is 0 Å². The number of aromatic nitrogens is 3. The number of piperazine rings is 1. The summed E-state index contributed by atoms with van der Waals surface area (Å²) in [5, 5.41) is 9.37. The van der Waals surface area contributed by atoms with Gasteiger partial charge in [-0.15, -0.1) is 5.10 Å². The largest absolute Gasteiger partial charge is 0.353 e. The van der Waals surface area contributed by atoms with E-state index in [2.05, 4.69) is 20.5 Å². The Hall–Kier alpha value is -1.92. The molecule has 0 aromatic carbocycles. The molecule has 18 heavy (non-hydrogen) atoms. The molecule has 1 atom stereocenters. The maximum atomic E-state index is 12.2. The third kappa shape index (κ3) is 2.34. The lowest BCUT2D eigenvalue weighted by molar-refractivity contribution is -0.127. The molecule has 2 rings (SSSR count). The summed E-state index contributed by atoms with van der Waals surface area (Å²) < 4.78 is 0. The molecule has 7 nitrogen and oxygen atoms in total. The van der Waals surface area contributed by atoms with E-state index in [1.807, 2.05) is 6.92 Å². The van der Waals surface area contributed by atoms with Gasteiger partial charge in [0.1, 0.15) is 11.9 Å². The fourth-order valence-corrected chi connectivity index (χ4v) is 1.93. The zero-order valence-corrected chi connectivity index (χ0v) is 10.6.